The van der Waals surface area contributed by atoms with Crippen LogP contribution in [0.3, 0.4) is 0 Å². The second-order valence-corrected chi connectivity index (χ2v) is 7.04. The molecule has 0 aromatic carbocycles. The van der Waals surface area contributed by atoms with Crippen LogP contribution in [0.4, 0.5) is 8.78 Å². The maximum Gasteiger partial charge on any atom is 0.290 e. The van der Waals surface area contributed by atoms with Crippen molar-refractivity contribution < 1.29 is 22.7 Å². The molecule has 1 saturated heterocycles. The highest BCUT2D eigenvalue weighted by Crippen LogP contribution is 2.27. The van der Waals surface area contributed by atoms with Gasteiger partial charge in [0, 0.05) is 25.8 Å². The molecule has 6 nitrogen and oxygen atoms in total. The smallest absolute Gasteiger partial charge is 0.290 e. The molecule has 1 N–H and O–H groups in total. The highest BCUT2D eigenvalue weighted by molar-refractivity contribution is 7.99. The predicted octanol–water partition coefficient (Wildman–Crippen LogP) is 3.10. The van der Waals surface area contributed by atoms with E-state index in [-0.39, 0.29) is 28.4 Å². The minimum Gasteiger partial charge on any atom is -0.465 e. The van der Waals surface area contributed by atoms with Gasteiger partial charge in [-0.1, -0.05) is 0 Å². The number of carbonyl (C=O) groups is 1. The summed E-state index contributed by atoms with van der Waals surface area (Å²) in [5.41, 5.74) is 0.138. The molecule has 0 saturated carbocycles. The number of nitrogens with zero attached hydrogens (tertiary/aromatic N) is 2. The molecule has 0 aliphatic carbocycles. The normalized spacial score (nSPS) is 16.4. The van der Waals surface area contributed by atoms with Crippen molar-refractivity contribution in [2.75, 3.05) is 32.8 Å². The number of ether oxygens (including phenoxy) is 1. The summed E-state index contributed by atoms with van der Waals surface area (Å²) in [4.78, 5) is 18.7. The fourth-order valence-electron chi connectivity index (χ4n) is 2.96. The Morgan fingerprint density at radius 1 is 1.33 bits per heavy atom. The second kappa shape index (κ2) is 9.29. The number of furan rings is 1. The molecule has 0 bridgehead atoms. The van der Waals surface area contributed by atoms with E-state index in [1.165, 1.54) is 12.3 Å². The van der Waals surface area contributed by atoms with Crippen molar-refractivity contribution >= 4 is 17.7 Å². The van der Waals surface area contributed by atoms with Gasteiger partial charge in [-0.05, 0) is 43.0 Å². The van der Waals surface area contributed by atoms with Crippen LogP contribution >= 0.6 is 11.8 Å². The van der Waals surface area contributed by atoms with Crippen molar-refractivity contribution in [1.29, 1.82) is 0 Å². The Morgan fingerprint density at radius 3 is 2.78 bits per heavy atom. The van der Waals surface area contributed by atoms with E-state index in [1.807, 2.05) is 19.1 Å². The maximum absolute atomic E-state index is 12.7. The van der Waals surface area contributed by atoms with Crippen LogP contribution in [0.1, 0.15) is 27.9 Å². The third-order valence-corrected chi connectivity index (χ3v) is 4.98. The third kappa shape index (κ3) is 5.27. The molecule has 1 fully saturated rings. The first-order valence-corrected chi connectivity index (χ1v) is 9.48. The van der Waals surface area contributed by atoms with Crippen LogP contribution in [-0.4, -0.2) is 54.4 Å². The quantitative estimate of drug-likeness (QED) is 0.724. The lowest BCUT2D eigenvalue weighted by Gasteiger charge is -2.33. The van der Waals surface area contributed by atoms with Gasteiger partial charge in [-0.2, -0.15) is 8.78 Å². The number of amides is 1. The number of nitrogens with one attached hydrogen (secondary N) is 1. The summed E-state index contributed by atoms with van der Waals surface area (Å²) in [6.45, 7) is 4.82. The molecule has 3 heterocycles. The molecular weight excluding hydrogens is 376 g/mol. The molecule has 1 aliphatic heterocycles. The van der Waals surface area contributed by atoms with Gasteiger partial charge in [0.1, 0.15) is 16.5 Å². The molecule has 146 valence electrons. The van der Waals surface area contributed by atoms with Gasteiger partial charge in [0.15, 0.2) is 0 Å². The average Bonchev–Trinajstić information content (AvgIpc) is 3.08. The summed E-state index contributed by atoms with van der Waals surface area (Å²) in [7, 11) is 0. The van der Waals surface area contributed by atoms with Crippen LogP contribution in [-0.2, 0) is 4.74 Å². The topological polar surface area (TPSA) is 67.6 Å². The standard InChI is InChI=1S/C18H21F2N3O3S/c1-12-4-5-15(26-12)14(23-7-9-25-10-8-23)11-22-16(24)13-3-2-6-21-17(13)27-18(19)20/h2-6,14,18H,7-11H2,1H3,(H,22,24). The SMILES string of the molecule is Cc1ccc(C(CNC(=O)c2cccnc2SC(F)F)N2CCOCC2)o1. The van der Waals surface area contributed by atoms with Crippen molar-refractivity contribution in [2.45, 2.75) is 23.7 Å². The number of hydrogen-bond acceptors (Lipinski definition) is 6. The molecule has 2 aromatic rings. The Labute approximate surface area is 160 Å². The molecule has 2 aromatic heterocycles. The van der Waals surface area contributed by atoms with E-state index in [4.69, 9.17) is 9.15 Å². The molecule has 1 unspecified atom stereocenters. The maximum atomic E-state index is 12.7. The van der Waals surface area contributed by atoms with Gasteiger partial charge in [0.05, 0.1) is 24.8 Å². The van der Waals surface area contributed by atoms with Gasteiger partial charge in [-0.3, -0.25) is 9.69 Å². The number of aryl methyl sites for hydroxylation is 1. The number of carbonyl (C=O) groups excluding carboxylic acids is 1. The van der Waals surface area contributed by atoms with Crippen molar-refractivity contribution in [3.05, 3.63) is 47.5 Å². The lowest BCUT2D eigenvalue weighted by molar-refractivity contribution is 0.0117. The predicted molar refractivity (Wildman–Crippen MR) is 97.0 cm³/mol. The summed E-state index contributed by atoms with van der Waals surface area (Å²) < 4.78 is 36.6. The number of morpholine rings is 1. The number of thioether (sulfide) groups is 1. The molecule has 0 spiro atoms. The molecule has 1 amide bonds. The number of rotatable bonds is 7. The van der Waals surface area contributed by atoms with Gasteiger partial charge >= 0.3 is 0 Å². The van der Waals surface area contributed by atoms with Crippen LogP contribution in [0.25, 0.3) is 0 Å². The fourth-order valence-corrected chi connectivity index (χ4v) is 3.54. The monoisotopic (exact) mass is 397 g/mol. The van der Waals surface area contributed by atoms with E-state index in [0.29, 0.717) is 19.8 Å². The number of hydrogen-bond donors (Lipinski definition) is 1. The molecular formula is C18H21F2N3O3S. The lowest BCUT2D eigenvalue weighted by Crippen LogP contribution is -2.43. The van der Waals surface area contributed by atoms with E-state index in [1.54, 1.807) is 6.07 Å². The van der Waals surface area contributed by atoms with Crippen LogP contribution in [0.5, 0.6) is 0 Å². The summed E-state index contributed by atoms with van der Waals surface area (Å²) in [6, 6.07) is 6.66. The van der Waals surface area contributed by atoms with E-state index in [0.717, 1.165) is 24.6 Å². The Balaban J connectivity index is 1.72. The zero-order chi connectivity index (χ0) is 19.2. The first-order valence-electron chi connectivity index (χ1n) is 8.60. The summed E-state index contributed by atoms with van der Waals surface area (Å²) in [5, 5.41) is 2.85. The first kappa shape index (κ1) is 19.8. The second-order valence-electron chi connectivity index (χ2n) is 6.06. The van der Waals surface area contributed by atoms with Crippen molar-refractivity contribution in [1.82, 2.24) is 15.2 Å². The number of halogens is 2. The Morgan fingerprint density at radius 2 is 2.11 bits per heavy atom. The third-order valence-electron chi connectivity index (χ3n) is 4.25. The Bertz CT molecular complexity index is 766. The van der Waals surface area contributed by atoms with Crippen molar-refractivity contribution in [3.8, 4) is 0 Å². The van der Waals surface area contributed by atoms with Gasteiger partial charge in [-0.15, -0.1) is 0 Å². The zero-order valence-corrected chi connectivity index (χ0v) is 15.7. The lowest BCUT2D eigenvalue weighted by atomic mass is 10.1. The molecule has 0 radical (unpaired) electrons. The first-order chi connectivity index (χ1) is 13.0. The van der Waals surface area contributed by atoms with E-state index >= 15 is 0 Å². The molecule has 1 atom stereocenters. The van der Waals surface area contributed by atoms with Crippen LogP contribution in [0, 0.1) is 6.92 Å². The molecule has 3 rings (SSSR count). The fraction of sp³-hybridized carbons (Fsp3) is 0.444. The Hall–Kier alpha value is -1.97. The largest absolute Gasteiger partial charge is 0.465 e. The summed E-state index contributed by atoms with van der Waals surface area (Å²) in [5.74, 6) is -1.54. The molecule has 1 aliphatic rings. The minimum absolute atomic E-state index is 0.0155. The van der Waals surface area contributed by atoms with Crippen LogP contribution < -0.4 is 5.32 Å². The summed E-state index contributed by atoms with van der Waals surface area (Å²) in [6.07, 6.45) is 1.39. The van der Waals surface area contributed by atoms with Crippen LogP contribution in [0.2, 0.25) is 0 Å². The average molecular weight is 397 g/mol. The zero-order valence-electron chi connectivity index (χ0n) is 14.9. The summed E-state index contributed by atoms with van der Waals surface area (Å²) >= 11 is 0.265. The number of pyridine rings is 1. The number of alkyl halides is 2. The number of aromatic nitrogens is 1. The van der Waals surface area contributed by atoms with Gasteiger partial charge in [0.2, 0.25) is 0 Å². The highest BCUT2D eigenvalue weighted by Gasteiger charge is 2.26. The van der Waals surface area contributed by atoms with E-state index in [2.05, 4.69) is 15.2 Å². The van der Waals surface area contributed by atoms with Gasteiger partial charge in [-0.25, -0.2) is 4.98 Å². The van der Waals surface area contributed by atoms with Gasteiger partial charge < -0.3 is 14.5 Å². The minimum atomic E-state index is -2.64. The van der Waals surface area contributed by atoms with Gasteiger partial charge in [0.25, 0.3) is 11.7 Å². The van der Waals surface area contributed by atoms with Crippen molar-refractivity contribution in [2.24, 2.45) is 0 Å². The van der Waals surface area contributed by atoms with Crippen LogP contribution in [0.15, 0.2) is 39.9 Å². The molecule has 27 heavy (non-hydrogen) atoms. The van der Waals surface area contributed by atoms with E-state index in [9.17, 15) is 13.6 Å². The Kier molecular flexibility index (Phi) is 6.81. The van der Waals surface area contributed by atoms with Crippen molar-refractivity contribution in [3.63, 3.8) is 0 Å². The highest BCUT2D eigenvalue weighted by atomic mass is 32.2. The van der Waals surface area contributed by atoms with E-state index < -0.39 is 11.7 Å². The molecule has 9 heteroatoms.